The number of likely N-dealkylation sites (tertiary alicyclic amines) is 1. The normalized spacial score (nSPS) is 18.9. The molecule has 2 aliphatic rings. The Morgan fingerprint density at radius 3 is 2.62 bits per heavy atom. The molecule has 2 saturated heterocycles. The van der Waals surface area contributed by atoms with Gasteiger partial charge in [0.2, 0.25) is 5.91 Å². The lowest BCUT2D eigenvalue weighted by atomic mass is 9.96. The van der Waals surface area contributed by atoms with Crippen molar-refractivity contribution in [2.45, 2.75) is 32.2 Å². The maximum absolute atomic E-state index is 13.1. The first-order valence-electron chi connectivity index (χ1n) is 11.4. The summed E-state index contributed by atoms with van der Waals surface area (Å²) in [6.45, 7) is 4.77. The number of carbonyl (C=O) groups excluding carboxylic acids is 3. The molecule has 0 spiro atoms. The number of anilines is 1. The maximum Gasteiger partial charge on any atom is 0.413 e. The third-order valence-electron chi connectivity index (χ3n) is 6.34. The van der Waals surface area contributed by atoms with Gasteiger partial charge in [-0.05, 0) is 91.1 Å². The Balaban J connectivity index is 1.35. The summed E-state index contributed by atoms with van der Waals surface area (Å²) in [7, 11) is 1.96. The number of halogens is 1. The number of ether oxygens (including phenoxy) is 1. The molecule has 8 nitrogen and oxygen atoms in total. The number of nitrogens with zero attached hydrogens (tertiary/aromatic N) is 2. The van der Waals surface area contributed by atoms with Gasteiger partial charge in [-0.3, -0.25) is 9.59 Å². The van der Waals surface area contributed by atoms with Gasteiger partial charge in [0.1, 0.15) is 0 Å². The average Bonchev–Trinajstić information content (AvgIpc) is 3.38. The van der Waals surface area contributed by atoms with Gasteiger partial charge in [0.05, 0.1) is 9.83 Å². The zero-order chi connectivity index (χ0) is 24.2. The Hall–Kier alpha value is -2.43. The molecule has 10 heteroatoms. The van der Waals surface area contributed by atoms with E-state index in [9.17, 15) is 14.4 Å². The second-order valence-corrected chi connectivity index (χ2v) is 11.2. The zero-order valence-corrected chi connectivity index (χ0v) is 21.7. The van der Waals surface area contributed by atoms with E-state index < -0.39 is 6.09 Å². The van der Waals surface area contributed by atoms with E-state index in [-0.39, 0.29) is 24.3 Å². The van der Waals surface area contributed by atoms with Gasteiger partial charge >= 0.3 is 6.09 Å². The van der Waals surface area contributed by atoms with Crippen LogP contribution in [0.1, 0.15) is 35.2 Å². The number of thiophene rings is 1. The molecule has 2 fully saturated rings. The summed E-state index contributed by atoms with van der Waals surface area (Å²) in [6.07, 6.45) is 1.63. The van der Waals surface area contributed by atoms with Crippen molar-refractivity contribution in [2.75, 3.05) is 38.1 Å². The first-order valence-corrected chi connectivity index (χ1v) is 13.0. The lowest BCUT2D eigenvalue weighted by molar-refractivity contribution is -0.117. The van der Waals surface area contributed by atoms with E-state index in [1.807, 2.05) is 37.1 Å². The van der Waals surface area contributed by atoms with Crippen LogP contribution < -0.4 is 20.3 Å². The highest BCUT2D eigenvalue weighted by Gasteiger charge is 2.33. The van der Waals surface area contributed by atoms with Crippen LogP contribution in [-0.4, -0.2) is 62.1 Å². The molecule has 0 radical (unpaired) electrons. The molecule has 1 unspecified atom stereocenters. The molecule has 1 aromatic heterocycles. The van der Waals surface area contributed by atoms with Crippen LogP contribution in [0.5, 0.6) is 5.06 Å². The van der Waals surface area contributed by atoms with Crippen molar-refractivity contribution in [3.63, 3.8) is 0 Å². The van der Waals surface area contributed by atoms with Gasteiger partial charge in [0, 0.05) is 37.3 Å². The molecule has 182 valence electrons. The summed E-state index contributed by atoms with van der Waals surface area (Å²) >= 11 is 4.64. The Morgan fingerprint density at radius 1 is 1.21 bits per heavy atom. The fraction of sp³-hybridized carbons (Fsp3) is 0.458. The molecule has 3 heterocycles. The van der Waals surface area contributed by atoms with E-state index in [0.29, 0.717) is 23.1 Å². The summed E-state index contributed by atoms with van der Waals surface area (Å²) in [4.78, 5) is 41.5. The first-order chi connectivity index (χ1) is 16.3. The van der Waals surface area contributed by atoms with Gasteiger partial charge in [-0.2, -0.15) is 0 Å². The summed E-state index contributed by atoms with van der Waals surface area (Å²) in [5, 5.41) is 6.47. The highest BCUT2D eigenvalue weighted by Crippen LogP contribution is 2.29. The number of carbonyl (C=O) groups is 3. The second-order valence-electron chi connectivity index (χ2n) is 8.79. The Bertz CT molecular complexity index is 1070. The van der Waals surface area contributed by atoms with Gasteiger partial charge in [0.15, 0.2) is 5.06 Å². The molecule has 34 heavy (non-hydrogen) atoms. The number of hydrogen-bond donors (Lipinski definition) is 2. The number of aryl methyl sites for hydroxylation is 1. The fourth-order valence-corrected chi connectivity index (χ4v) is 5.74. The van der Waals surface area contributed by atoms with E-state index in [4.69, 9.17) is 4.74 Å². The first kappa shape index (κ1) is 24.7. The Kier molecular flexibility index (Phi) is 7.90. The molecule has 4 rings (SSSR count). The quantitative estimate of drug-likeness (QED) is 0.573. The number of piperidine rings is 1. The summed E-state index contributed by atoms with van der Waals surface area (Å²) < 4.78 is 6.14. The third-order valence-corrected chi connectivity index (χ3v) is 7.84. The topological polar surface area (TPSA) is 91.0 Å². The number of benzene rings is 1. The SMILES string of the molecule is CNCC1CCN(C(=O)c2ccc(N3CC(NC(=O)Oc4ccc(Br)s4)CC3=O)cc2C)CC1. The van der Waals surface area contributed by atoms with Crippen LogP contribution in [-0.2, 0) is 4.79 Å². The second kappa shape index (κ2) is 10.9. The summed E-state index contributed by atoms with van der Waals surface area (Å²) in [5.41, 5.74) is 2.24. The molecule has 1 atom stereocenters. The van der Waals surface area contributed by atoms with Gasteiger partial charge in [-0.1, -0.05) is 11.3 Å². The zero-order valence-electron chi connectivity index (χ0n) is 19.3. The van der Waals surface area contributed by atoms with Crippen molar-refractivity contribution in [3.8, 4) is 5.06 Å². The van der Waals surface area contributed by atoms with Crippen LogP contribution in [0.2, 0.25) is 0 Å². The predicted molar refractivity (Wildman–Crippen MR) is 136 cm³/mol. The molecule has 0 aliphatic carbocycles. The number of amides is 3. The number of rotatable bonds is 6. The third kappa shape index (κ3) is 5.79. The Labute approximate surface area is 211 Å². The molecular formula is C24H29BrN4O4S. The van der Waals surface area contributed by atoms with Gasteiger partial charge < -0.3 is 25.2 Å². The lowest BCUT2D eigenvalue weighted by Crippen LogP contribution is -2.40. The van der Waals surface area contributed by atoms with Crippen molar-refractivity contribution >= 4 is 50.9 Å². The molecule has 2 N–H and O–H groups in total. The van der Waals surface area contributed by atoms with Crippen LogP contribution >= 0.6 is 27.3 Å². The Morgan fingerprint density at radius 2 is 1.97 bits per heavy atom. The van der Waals surface area contributed by atoms with Crippen molar-refractivity contribution < 1.29 is 19.1 Å². The smallest absolute Gasteiger partial charge is 0.399 e. The standard InChI is InChI=1S/C24H29BrN4O4S/c1-15-11-18(3-4-19(15)23(31)28-9-7-16(8-10-28)13-26-2)29-14-17(12-21(29)30)27-24(32)33-22-6-5-20(25)34-22/h3-6,11,16-17,26H,7-10,12-14H2,1-2H3,(H,27,32). The van der Waals surface area contributed by atoms with Crippen LogP contribution in [0.3, 0.4) is 0 Å². The van der Waals surface area contributed by atoms with Gasteiger partial charge in [-0.25, -0.2) is 4.79 Å². The van der Waals surface area contributed by atoms with Crippen LogP contribution in [0.25, 0.3) is 0 Å². The van der Waals surface area contributed by atoms with Crippen molar-refractivity contribution in [2.24, 2.45) is 5.92 Å². The lowest BCUT2D eigenvalue weighted by Gasteiger charge is -2.32. The largest absolute Gasteiger partial charge is 0.413 e. The average molecular weight is 549 g/mol. The summed E-state index contributed by atoms with van der Waals surface area (Å²) in [5.74, 6) is 0.584. The molecular weight excluding hydrogens is 520 g/mol. The van der Waals surface area contributed by atoms with Crippen molar-refractivity contribution in [1.29, 1.82) is 0 Å². The van der Waals surface area contributed by atoms with E-state index in [2.05, 4.69) is 26.6 Å². The van der Waals surface area contributed by atoms with Crippen molar-refractivity contribution in [1.82, 2.24) is 15.5 Å². The minimum absolute atomic E-state index is 0.0437. The van der Waals surface area contributed by atoms with Crippen LogP contribution in [0.4, 0.5) is 10.5 Å². The highest BCUT2D eigenvalue weighted by molar-refractivity contribution is 9.11. The number of nitrogens with one attached hydrogen (secondary N) is 2. The number of hydrogen-bond acceptors (Lipinski definition) is 6. The summed E-state index contributed by atoms with van der Waals surface area (Å²) in [6, 6.07) is 8.67. The minimum Gasteiger partial charge on any atom is -0.399 e. The molecule has 2 aliphatic heterocycles. The van der Waals surface area contributed by atoms with E-state index >= 15 is 0 Å². The fourth-order valence-electron chi connectivity index (χ4n) is 4.55. The maximum atomic E-state index is 13.1. The van der Waals surface area contributed by atoms with Crippen LogP contribution in [0.15, 0.2) is 34.1 Å². The van der Waals surface area contributed by atoms with Crippen molar-refractivity contribution in [3.05, 3.63) is 45.2 Å². The predicted octanol–water partition coefficient (Wildman–Crippen LogP) is 3.78. The molecule has 0 bridgehead atoms. The van der Waals surface area contributed by atoms with Crippen LogP contribution in [0, 0.1) is 12.8 Å². The highest BCUT2D eigenvalue weighted by atomic mass is 79.9. The molecule has 2 aromatic rings. The van der Waals surface area contributed by atoms with E-state index in [0.717, 1.165) is 47.5 Å². The molecule has 0 saturated carbocycles. The van der Waals surface area contributed by atoms with Gasteiger partial charge in [-0.15, -0.1) is 0 Å². The molecule has 3 amide bonds. The van der Waals surface area contributed by atoms with Gasteiger partial charge in [0.25, 0.3) is 5.91 Å². The monoisotopic (exact) mass is 548 g/mol. The minimum atomic E-state index is -0.579. The van der Waals surface area contributed by atoms with E-state index in [1.165, 1.54) is 11.3 Å². The van der Waals surface area contributed by atoms with E-state index in [1.54, 1.807) is 17.0 Å². The molecule has 1 aromatic carbocycles.